The van der Waals surface area contributed by atoms with Gasteiger partial charge in [0.2, 0.25) is 17.7 Å². The molecule has 3 amide bonds. The Balaban J connectivity index is 2.06. The molecule has 2 aromatic rings. The number of hydrogen-bond donors (Lipinski definition) is 2. The molecule has 0 spiro atoms. The van der Waals surface area contributed by atoms with Crippen molar-refractivity contribution in [3.63, 3.8) is 0 Å². The summed E-state index contributed by atoms with van der Waals surface area (Å²) in [5.74, 6) is -12.4. The number of alkyl halides is 5. The van der Waals surface area contributed by atoms with E-state index in [-0.39, 0.29) is 5.56 Å². The summed E-state index contributed by atoms with van der Waals surface area (Å²) in [6.45, 7) is -2.10. The smallest absolute Gasteiger partial charge is 0.369 e. The van der Waals surface area contributed by atoms with Gasteiger partial charge in [-0.05, 0) is 17.2 Å². The molecule has 0 bridgehead atoms. The number of para-hydroxylation sites is 1. The fourth-order valence-electron chi connectivity index (χ4n) is 3.64. The van der Waals surface area contributed by atoms with Crippen LogP contribution in [0.15, 0.2) is 48.5 Å². The Labute approximate surface area is 179 Å². The van der Waals surface area contributed by atoms with Gasteiger partial charge in [0, 0.05) is 12.6 Å². The van der Waals surface area contributed by atoms with Crippen LogP contribution in [0.3, 0.4) is 0 Å². The Hall–Kier alpha value is -3.50. The average Bonchev–Trinajstić information content (AvgIpc) is 2.81. The third kappa shape index (κ3) is 4.02. The molecular weight excluding hydrogens is 437 g/mol. The minimum absolute atomic E-state index is 0.218. The molecular formula is C21H18F5N3O3. The molecule has 2 atom stereocenters. The van der Waals surface area contributed by atoms with Crippen molar-refractivity contribution in [1.82, 2.24) is 5.32 Å². The van der Waals surface area contributed by atoms with Crippen molar-refractivity contribution >= 4 is 23.4 Å². The molecule has 0 saturated heterocycles. The number of nitrogens with two attached hydrogens (primary N) is 1. The van der Waals surface area contributed by atoms with Crippen molar-refractivity contribution in [2.75, 3.05) is 18.5 Å². The standard InChI is InChI=1S/C21H18F5N3O3/c1-29-14-9-5-4-7-12(14)11-6-2-3-8-13(11)15(19(29)32)16(17(27)30)18(31)28-10-20(22,23)21(24,25)26/h2-9,15-16H,10H2,1H3,(H2,27,30)(H,28,31)/t15-,16?/m1/s1. The summed E-state index contributed by atoms with van der Waals surface area (Å²) in [6.07, 6.45) is -5.91. The van der Waals surface area contributed by atoms with Crippen LogP contribution in [0.25, 0.3) is 11.1 Å². The average molecular weight is 455 g/mol. The molecule has 11 heteroatoms. The first kappa shape index (κ1) is 23.2. The predicted molar refractivity (Wildman–Crippen MR) is 105 cm³/mol. The number of rotatable bonds is 5. The zero-order chi connectivity index (χ0) is 23.8. The summed E-state index contributed by atoms with van der Waals surface area (Å²) in [7, 11) is 1.40. The van der Waals surface area contributed by atoms with Gasteiger partial charge in [0.25, 0.3) is 0 Å². The number of nitrogens with one attached hydrogen (secondary N) is 1. The molecule has 6 nitrogen and oxygen atoms in total. The van der Waals surface area contributed by atoms with Gasteiger partial charge in [-0.25, -0.2) is 0 Å². The largest absolute Gasteiger partial charge is 0.455 e. The molecule has 0 aromatic heterocycles. The van der Waals surface area contributed by atoms with E-state index in [2.05, 4.69) is 0 Å². The van der Waals surface area contributed by atoms with Crippen LogP contribution in [0.5, 0.6) is 0 Å². The summed E-state index contributed by atoms with van der Waals surface area (Å²) in [5.41, 5.74) is 7.11. The van der Waals surface area contributed by atoms with E-state index < -0.39 is 48.2 Å². The number of likely N-dealkylation sites (N-methyl/N-ethyl adjacent to an activating group) is 1. The lowest BCUT2D eigenvalue weighted by atomic mass is 9.81. The first-order valence-corrected chi connectivity index (χ1v) is 9.34. The van der Waals surface area contributed by atoms with E-state index >= 15 is 0 Å². The molecule has 0 radical (unpaired) electrons. The molecule has 1 aliphatic heterocycles. The zero-order valence-corrected chi connectivity index (χ0v) is 16.6. The van der Waals surface area contributed by atoms with Crippen LogP contribution in [-0.2, 0) is 14.4 Å². The van der Waals surface area contributed by atoms with Crippen molar-refractivity contribution in [2.45, 2.75) is 18.0 Å². The SMILES string of the molecule is CN1C(=O)[C@@H](C(C(N)=O)C(=O)NCC(F)(F)C(F)(F)F)c2ccccc2-c2ccccc21. The number of halogens is 5. The maximum atomic E-state index is 13.3. The number of nitrogens with zero attached hydrogens (tertiary/aromatic N) is 1. The van der Waals surface area contributed by atoms with Gasteiger partial charge in [-0.15, -0.1) is 0 Å². The van der Waals surface area contributed by atoms with Crippen LogP contribution in [0.1, 0.15) is 11.5 Å². The van der Waals surface area contributed by atoms with E-state index in [0.717, 1.165) is 0 Å². The number of benzene rings is 2. The second-order valence-electron chi connectivity index (χ2n) is 7.28. The van der Waals surface area contributed by atoms with Gasteiger partial charge in [-0.2, -0.15) is 22.0 Å². The van der Waals surface area contributed by atoms with E-state index in [1.807, 2.05) is 0 Å². The lowest BCUT2D eigenvalue weighted by molar-refractivity contribution is -0.278. The lowest BCUT2D eigenvalue weighted by Crippen LogP contribution is -2.52. The molecule has 1 heterocycles. The minimum atomic E-state index is -5.91. The third-order valence-corrected chi connectivity index (χ3v) is 5.27. The summed E-state index contributed by atoms with van der Waals surface area (Å²) in [4.78, 5) is 39.3. The minimum Gasteiger partial charge on any atom is -0.369 e. The van der Waals surface area contributed by atoms with E-state index in [4.69, 9.17) is 5.73 Å². The van der Waals surface area contributed by atoms with Crippen molar-refractivity contribution < 1.29 is 36.3 Å². The number of amides is 3. The number of primary amides is 1. The van der Waals surface area contributed by atoms with Crippen molar-refractivity contribution in [3.8, 4) is 11.1 Å². The summed E-state index contributed by atoms with van der Waals surface area (Å²) >= 11 is 0. The molecule has 0 saturated carbocycles. The summed E-state index contributed by atoms with van der Waals surface area (Å²) in [5, 5.41) is 1.44. The van der Waals surface area contributed by atoms with E-state index in [1.165, 1.54) is 23.3 Å². The normalized spacial score (nSPS) is 17.1. The molecule has 2 aromatic carbocycles. The fraction of sp³-hybridized carbons (Fsp3) is 0.286. The Morgan fingerprint density at radius 1 is 1.03 bits per heavy atom. The van der Waals surface area contributed by atoms with Crippen molar-refractivity contribution in [2.24, 2.45) is 11.7 Å². The maximum Gasteiger partial charge on any atom is 0.455 e. The van der Waals surface area contributed by atoms with Gasteiger partial charge in [0.05, 0.1) is 18.2 Å². The molecule has 170 valence electrons. The van der Waals surface area contributed by atoms with Gasteiger partial charge in [-0.1, -0.05) is 42.5 Å². The highest BCUT2D eigenvalue weighted by molar-refractivity contribution is 6.12. The molecule has 1 aliphatic rings. The number of hydrogen-bond acceptors (Lipinski definition) is 3. The van der Waals surface area contributed by atoms with Crippen molar-refractivity contribution in [1.29, 1.82) is 0 Å². The van der Waals surface area contributed by atoms with E-state index in [1.54, 1.807) is 42.5 Å². The quantitative estimate of drug-likeness (QED) is 0.537. The van der Waals surface area contributed by atoms with Crippen LogP contribution in [0, 0.1) is 5.92 Å². The highest BCUT2D eigenvalue weighted by atomic mass is 19.4. The number of fused-ring (bicyclic) bond motifs is 3. The van der Waals surface area contributed by atoms with Crippen LogP contribution in [0.4, 0.5) is 27.6 Å². The van der Waals surface area contributed by atoms with Gasteiger partial charge < -0.3 is 16.0 Å². The zero-order valence-electron chi connectivity index (χ0n) is 16.6. The van der Waals surface area contributed by atoms with Crippen LogP contribution in [-0.4, -0.2) is 43.4 Å². The number of carbonyl (C=O) groups excluding carboxylic acids is 3. The molecule has 1 unspecified atom stereocenters. The molecule has 3 rings (SSSR count). The van der Waals surface area contributed by atoms with Gasteiger partial charge in [0.15, 0.2) is 0 Å². The van der Waals surface area contributed by atoms with Crippen LogP contribution >= 0.6 is 0 Å². The van der Waals surface area contributed by atoms with Gasteiger partial charge in [0.1, 0.15) is 5.92 Å². The fourth-order valence-corrected chi connectivity index (χ4v) is 3.64. The Bertz CT molecular complexity index is 1070. The summed E-state index contributed by atoms with van der Waals surface area (Å²) < 4.78 is 64.0. The van der Waals surface area contributed by atoms with Gasteiger partial charge in [-0.3, -0.25) is 14.4 Å². The number of anilines is 1. The molecule has 32 heavy (non-hydrogen) atoms. The second-order valence-corrected chi connectivity index (χ2v) is 7.28. The van der Waals surface area contributed by atoms with E-state index in [0.29, 0.717) is 16.8 Å². The first-order valence-electron chi connectivity index (χ1n) is 9.34. The molecule has 0 aliphatic carbocycles. The van der Waals surface area contributed by atoms with E-state index in [9.17, 15) is 36.3 Å². The van der Waals surface area contributed by atoms with Crippen molar-refractivity contribution in [3.05, 3.63) is 54.1 Å². The highest BCUT2D eigenvalue weighted by Crippen LogP contribution is 2.43. The Morgan fingerprint density at radius 3 is 2.19 bits per heavy atom. The Morgan fingerprint density at radius 2 is 1.59 bits per heavy atom. The highest BCUT2D eigenvalue weighted by Gasteiger charge is 2.57. The number of carbonyl (C=O) groups is 3. The lowest BCUT2D eigenvalue weighted by Gasteiger charge is -2.27. The topological polar surface area (TPSA) is 92.5 Å². The Kier molecular flexibility index (Phi) is 5.94. The maximum absolute atomic E-state index is 13.3. The molecule has 0 fully saturated rings. The van der Waals surface area contributed by atoms with Crippen LogP contribution in [0.2, 0.25) is 0 Å². The van der Waals surface area contributed by atoms with Crippen LogP contribution < -0.4 is 16.0 Å². The third-order valence-electron chi connectivity index (χ3n) is 5.27. The molecule has 3 N–H and O–H groups in total. The first-order chi connectivity index (χ1) is 14.9. The predicted octanol–water partition coefficient (Wildman–Crippen LogP) is 2.83. The van der Waals surface area contributed by atoms with Gasteiger partial charge >= 0.3 is 12.1 Å². The second kappa shape index (κ2) is 8.21. The monoisotopic (exact) mass is 455 g/mol. The summed E-state index contributed by atoms with van der Waals surface area (Å²) in [6, 6.07) is 13.0.